The summed E-state index contributed by atoms with van der Waals surface area (Å²) in [5, 5.41) is 1.21. The zero-order chi connectivity index (χ0) is 13.4. The number of fused-ring (bicyclic) bond motifs is 1. The fourth-order valence-corrected chi connectivity index (χ4v) is 3.28. The summed E-state index contributed by atoms with van der Waals surface area (Å²) in [4.78, 5) is 1.10. The van der Waals surface area contributed by atoms with Crippen LogP contribution in [0, 0.1) is 12.7 Å². The molecule has 0 aliphatic carbocycles. The second kappa shape index (κ2) is 4.76. The molecular weight excluding hydrogens is 257 g/mol. The topological polar surface area (TPSA) is 26.0 Å². The lowest BCUT2D eigenvalue weighted by atomic mass is 10.0. The molecule has 0 saturated heterocycles. The van der Waals surface area contributed by atoms with E-state index >= 15 is 0 Å². The maximum Gasteiger partial charge on any atom is 0.126 e. The summed E-state index contributed by atoms with van der Waals surface area (Å²) in [6, 6.07) is 15.2. The average molecular weight is 271 g/mol. The molecule has 0 bridgehead atoms. The maximum atomic E-state index is 13.3. The van der Waals surface area contributed by atoms with Gasteiger partial charge in [0.15, 0.2) is 0 Å². The molecule has 0 aliphatic rings. The Morgan fingerprint density at radius 2 is 1.89 bits per heavy atom. The molecule has 0 spiro atoms. The first-order valence-electron chi connectivity index (χ1n) is 6.15. The number of rotatable bonds is 2. The molecule has 0 aliphatic heterocycles. The summed E-state index contributed by atoms with van der Waals surface area (Å²) in [5.74, 6) is -0.188. The van der Waals surface area contributed by atoms with Crippen LogP contribution in [0.2, 0.25) is 0 Å². The van der Waals surface area contributed by atoms with Crippen molar-refractivity contribution in [1.82, 2.24) is 0 Å². The highest BCUT2D eigenvalue weighted by Crippen LogP contribution is 2.32. The van der Waals surface area contributed by atoms with Gasteiger partial charge >= 0.3 is 0 Å². The number of hydrogen-bond donors (Lipinski definition) is 1. The van der Waals surface area contributed by atoms with Crippen molar-refractivity contribution in [2.75, 3.05) is 0 Å². The number of nitrogens with two attached hydrogens (primary N) is 1. The van der Waals surface area contributed by atoms with Crippen LogP contribution >= 0.6 is 11.3 Å². The van der Waals surface area contributed by atoms with Gasteiger partial charge in [0.25, 0.3) is 0 Å². The Hall–Kier alpha value is -1.71. The van der Waals surface area contributed by atoms with Crippen LogP contribution in [-0.4, -0.2) is 0 Å². The monoisotopic (exact) mass is 271 g/mol. The smallest absolute Gasteiger partial charge is 0.126 e. The van der Waals surface area contributed by atoms with Gasteiger partial charge in [-0.1, -0.05) is 30.3 Å². The van der Waals surface area contributed by atoms with Crippen molar-refractivity contribution in [2.45, 2.75) is 13.0 Å². The van der Waals surface area contributed by atoms with Gasteiger partial charge in [0.05, 0.1) is 6.04 Å². The zero-order valence-electron chi connectivity index (χ0n) is 10.6. The summed E-state index contributed by atoms with van der Waals surface area (Å²) >= 11 is 1.69. The standard InChI is InChI=1S/C16H14FNS/c1-10-8-12(6-7-13(10)17)16(18)15-9-11-4-2-3-5-14(11)19-15/h2-9,16H,18H2,1H3. The molecule has 0 saturated carbocycles. The highest BCUT2D eigenvalue weighted by Gasteiger charge is 2.13. The summed E-state index contributed by atoms with van der Waals surface area (Å²) in [7, 11) is 0. The molecule has 0 fully saturated rings. The molecule has 96 valence electrons. The Morgan fingerprint density at radius 3 is 2.63 bits per heavy atom. The lowest BCUT2D eigenvalue weighted by Crippen LogP contribution is -2.10. The summed E-state index contributed by atoms with van der Waals surface area (Å²) in [5.41, 5.74) is 7.87. The third kappa shape index (κ3) is 2.27. The van der Waals surface area contributed by atoms with Crippen molar-refractivity contribution in [2.24, 2.45) is 5.73 Å². The SMILES string of the molecule is Cc1cc(C(N)c2cc3ccccc3s2)ccc1F. The van der Waals surface area contributed by atoms with Crippen LogP contribution in [0.25, 0.3) is 10.1 Å². The molecular formula is C16H14FNS. The molecule has 2 N–H and O–H groups in total. The number of halogens is 1. The third-order valence-electron chi connectivity index (χ3n) is 3.29. The lowest BCUT2D eigenvalue weighted by molar-refractivity contribution is 0.617. The van der Waals surface area contributed by atoms with Crippen LogP contribution in [0.5, 0.6) is 0 Å². The van der Waals surface area contributed by atoms with Gasteiger partial charge in [-0.15, -0.1) is 11.3 Å². The Morgan fingerprint density at radius 1 is 1.11 bits per heavy atom. The van der Waals surface area contributed by atoms with E-state index in [4.69, 9.17) is 5.73 Å². The fraction of sp³-hybridized carbons (Fsp3) is 0.125. The third-order valence-corrected chi connectivity index (χ3v) is 4.49. The van der Waals surface area contributed by atoms with Crippen LogP contribution in [0.15, 0.2) is 48.5 Å². The van der Waals surface area contributed by atoms with Gasteiger partial charge in [-0.05, 0) is 41.6 Å². The predicted molar refractivity (Wildman–Crippen MR) is 79.0 cm³/mol. The van der Waals surface area contributed by atoms with E-state index < -0.39 is 0 Å². The first-order chi connectivity index (χ1) is 9.15. The van der Waals surface area contributed by atoms with Crippen LogP contribution in [0.4, 0.5) is 4.39 Å². The second-order valence-corrected chi connectivity index (χ2v) is 5.79. The first kappa shape index (κ1) is 12.3. The molecule has 1 heterocycles. The van der Waals surface area contributed by atoms with E-state index in [1.54, 1.807) is 24.3 Å². The van der Waals surface area contributed by atoms with E-state index in [0.717, 1.165) is 10.4 Å². The molecule has 19 heavy (non-hydrogen) atoms. The van der Waals surface area contributed by atoms with E-state index in [1.807, 2.05) is 18.2 Å². The molecule has 1 nitrogen and oxygen atoms in total. The van der Waals surface area contributed by atoms with Gasteiger partial charge in [0.2, 0.25) is 0 Å². The van der Waals surface area contributed by atoms with Gasteiger partial charge in [-0.25, -0.2) is 4.39 Å². The summed E-state index contributed by atoms with van der Waals surface area (Å²) in [6.07, 6.45) is 0. The van der Waals surface area contributed by atoms with Gasteiger partial charge in [0.1, 0.15) is 5.82 Å². The van der Waals surface area contributed by atoms with Crippen molar-refractivity contribution >= 4 is 21.4 Å². The molecule has 2 aromatic carbocycles. The molecule has 0 amide bonds. The molecule has 3 heteroatoms. The Kier molecular flexibility index (Phi) is 3.09. The van der Waals surface area contributed by atoms with E-state index in [-0.39, 0.29) is 11.9 Å². The molecule has 1 unspecified atom stereocenters. The van der Waals surface area contributed by atoms with E-state index in [2.05, 4.69) is 18.2 Å². The predicted octanol–water partition coefficient (Wildman–Crippen LogP) is 4.40. The quantitative estimate of drug-likeness (QED) is 0.734. The minimum Gasteiger partial charge on any atom is -0.320 e. The van der Waals surface area contributed by atoms with Crippen LogP contribution < -0.4 is 5.73 Å². The zero-order valence-corrected chi connectivity index (χ0v) is 11.4. The van der Waals surface area contributed by atoms with E-state index in [9.17, 15) is 4.39 Å². The van der Waals surface area contributed by atoms with E-state index in [0.29, 0.717) is 5.56 Å². The average Bonchev–Trinajstić information content (AvgIpc) is 2.85. The number of hydrogen-bond acceptors (Lipinski definition) is 2. The minimum atomic E-state index is -0.198. The van der Waals surface area contributed by atoms with Crippen LogP contribution in [0.1, 0.15) is 22.0 Å². The highest BCUT2D eigenvalue weighted by atomic mass is 32.1. The Labute approximate surface area is 115 Å². The van der Waals surface area contributed by atoms with E-state index in [1.165, 1.54) is 16.2 Å². The van der Waals surface area contributed by atoms with Gasteiger partial charge in [0, 0.05) is 9.58 Å². The molecule has 3 aromatic rings. The van der Waals surface area contributed by atoms with Crippen LogP contribution in [0.3, 0.4) is 0 Å². The van der Waals surface area contributed by atoms with Gasteiger partial charge in [-0.3, -0.25) is 0 Å². The van der Waals surface area contributed by atoms with Gasteiger partial charge < -0.3 is 5.73 Å². The second-order valence-electron chi connectivity index (χ2n) is 4.67. The lowest BCUT2D eigenvalue weighted by Gasteiger charge is -2.11. The fourth-order valence-electron chi connectivity index (χ4n) is 2.18. The largest absolute Gasteiger partial charge is 0.320 e. The van der Waals surface area contributed by atoms with Crippen molar-refractivity contribution in [3.8, 4) is 0 Å². The number of aryl methyl sites for hydroxylation is 1. The van der Waals surface area contributed by atoms with Crippen molar-refractivity contribution < 1.29 is 4.39 Å². The van der Waals surface area contributed by atoms with Crippen molar-refractivity contribution in [1.29, 1.82) is 0 Å². The number of benzene rings is 2. The first-order valence-corrected chi connectivity index (χ1v) is 6.97. The normalized spacial score (nSPS) is 12.8. The maximum absolute atomic E-state index is 13.3. The van der Waals surface area contributed by atoms with Crippen molar-refractivity contribution in [3.63, 3.8) is 0 Å². The number of thiophene rings is 1. The summed E-state index contributed by atoms with van der Waals surface area (Å²) < 4.78 is 14.5. The summed E-state index contributed by atoms with van der Waals surface area (Å²) in [6.45, 7) is 1.76. The molecule has 3 rings (SSSR count). The molecule has 1 aromatic heterocycles. The Bertz CT molecular complexity index is 699. The highest BCUT2D eigenvalue weighted by molar-refractivity contribution is 7.19. The molecule has 0 radical (unpaired) electrons. The minimum absolute atomic E-state index is 0.188. The van der Waals surface area contributed by atoms with Crippen molar-refractivity contribution in [3.05, 3.63) is 70.4 Å². The Balaban J connectivity index is 2.02. The van der Waals surface area contributed by atoms with Crippen LogP contribution in [-0.2, 0) is 0 Å². The van der Waals surface area contributed by atoms with Gasteiger partial charge in [-0.2, -0.15) is 0 Å². The molecule has 1 atom stereocenters.